The Bertz CT molecular complexity index is 2590. The van der Waals surface area contributed by atoms with Gasteiger partial charge in [0.15, 0.2) is 0 Å². The number of nitrogens with zero attached hydrogens (tertiary/aromatic N) is 1. The van der Waals surface area contributed by atoms with Gasteiger partial charge in [0, 0.05) is 16.9 Å². The fourth-order valence-corrected chi connectivity index (χ4v) is 7.34. The zero-order valence-corrected chi connectivity index (χ0v) is 29.3. The van der Waals surface area contributed by atoms with E-state index in [1.54, 1.807) is 0 Å². The maximum atomic E-state index is 2.40. The molecule has 0 radical (unpaired) electrons. The van der Waals surface area contributed by atoms with Crippen LogP contribution in [0.3, 0.4) is 0 Å². The summed E-state index contributed by atoms with van der Waals surface area (Å²) in [6, 6.07) is 80.9. The first-order valence-electron chi connectivity index (χ1n) is 18.2. The zero-order chi connectivity index (χ0) is 35.4. The maximum Gasteiger partial charge on any atom is 0.0540 e. The van der Waals surface area contributed by atoms with Gasteiger partial charge in [0.1, 0.15) is 0 Å². The van der Waals surface area contributed by atoms with Crippen LogP contribution in [-0.2, 0) is 0 Å². The Morgan fingerprint density at radius 2 is 0.698 bits per heavy atom. The van der Waals surface area contributed by atoms with E-state index in [-0.39, 0.29) is 0 Å². The van der Waals surface area contributed by atoms with E-state index >= 15 is 0 Å². The summed E-state index contributed by atoms with van der Waals surface area (Å²) >= 11 is 0. The van der Waals surface area contributed by atoms with Crippen LogP contribution in [-0.4, -0.2) is 0 Å². The normalized spacial score (nSPS) is 11.0. The Labute approximate surface area is 311 Å². The van der Waals surface area contributed by atoms with Gasteiger partial charge in [-0.1, -0.05) is 170 Å². The molecule has 53 heavy (non-hydrogen) atoms. The predicted octanol–water partition coefficient (Wildman–Crippen LogP) is 14.6. The van der Waals surface area contributed by atoms with Gasteiger partial charge in [-0.15, -0.1) is 0 Å². The van der Waals surface area contributed by atoms with Gasteiger partial charge in [0.2, 0.25) is 0 Å². The molecule has 0 saturated heterocycles. The second kappa shape index (κ2) is 14.3. The van der Waals surface area contributed by atoms with Crippen molar-refractivity contribution in [3.05, 3.63) is 224 Å². The van der Waals surface area contributed by atoms with Crippen LogP contribution in [0.4, 0.5) is 17.1 Å². The van der Waals surface area contributed by atoms with Crippen molar-refractivity contribution in [2.45, 2.75) is 0 Å². The van der Waals surface area contributed by atoms with E-state index in [1.165, 1.54) is 66.4 Å². The summed E-state index contributed by atoms with van der Waals surface area (Å²) in [5, 5.41) is 2.49. The standard InChI is InChI=1S/C52H37N/c1-4-15-38(16-5-1)46-34-47(39-17-6-2-7-18-39)36-48(35-46)41-29-31-49(32-30-41)53(52-26-13-12-25-51(52)42-20-8-3-9-21-42)50-24-14-23-44(37-50)45-28-27-40-19-10-11-22-43(40)33-45/h1-37H. The molecule has 0 aromatic heterocycles. The molecule has 0 saturated carbocycles. The lowest BCUT2D eigenvalue weighted by Crippen LogP contribution is -2.11. The lowest BCUT2D eigenvalue weighted by Gasteiger charge is -2.28. The van der Waals surface area contributed by atoms with E-state index in [1.807, 2.05) is 0 Å². The van der Waals surface area contributed by atoms with Gasteiger partial charge in [-0.2, -0.15) is 0 Å². The van der Waals surface area contributed by atoms with Crippen molar-refractivity contribution in [1.29, 1.82) is 0 Å². The molecule has 0 heterocycles. The molecule has 0 unspecified atom stereocenters. The average molecular weight is 676 g/mol. The first kappa shape index (κ1) is 32.0. The predicted molar refractivity (Wildman–Crippen MR) is 226 cm³/mol. The van der Waals surface area contributed by atoms with Gasteiger partial charge in [-0.3, -0.25) is 0 Å². The van der Waals surface area contributed by atoms with Crippen molar-refractivity contribution < 1.29 is 0 Å². The van der Waals surface area contributed by atoms with Crippen LogP contribution in [0.15, 0.2) is 224 Å². The second-order valence-electron chi connectivity index (χ2n) is 13.4. The fourth-order valence-electron chi connectivity index (χ4n) is 7.34. The largest absolute Gasteiger partial charge is 0.310 e. The molecule has 0 bridgehead atoms. The summed E-state index contributed by atoms with van der Waals surface area (Å²) in [6.07, 6.45) is 0. The SMILES string of the molecule is c1ccc(-c2cc(-c3ccccc3)cc(-c3ccc(N(c4cccc(-c5ccc6ccccc6c5)c4)c4ccccc4-c4ccccc4)cc3)c2)cc1. The molecule has 9 aromatic carbocycles. The van der Waals surface area contributed by atoms with E-state index in [2.05, 4.69) is 229 Å². The summed E-state index contributed by atoms with van der Waals surface area (Å²) in [7, 11) is 0. The fraction of sp³-hybridized carbons (Fsp3) is 0. The molecule has 0 fully saturated rings. The van der Waals surface area contributed by atoms with Crippen LogP contribution in [0.5, 0.6) is 0 Å². The first-order valence-corrected chi connectivity index (χ1v) is 18.2. The van der Waals surface area contributed by atoms with Crippen LogP contribution >= 0.6 is 0 Å². The lowest BCUT2D eigenvalue weighted by molar-refractivity contribution is 1.28. The second-order valence-corrected chi connectivity index (χ2v) is 13.4. The first-order chi connectivity index (χ1) is 26.3. The number of hydrogen-bond donors (Lipinski definition) is 0. The van der Waals surface area contributed by atoms with E-state index in [0.29, 0.717) is 0 Å². The summed E-state index contributed by atoms with van der Waals surface area (Å²) in [5.41, 5.74) is 15.2. The van der Waals surface area contributed by atoms with Gasteiger partial charge >= 0.3 is 0 Å². The number of benzene rings is 9. The molecule has 0 amide bonds. The van der Waals surface area contributed by atoms with Gasteiger partial charge < -0.3 is 4.90 Å². The van der Waals surface area contributed by atoms with Crippen LogP contribution in [0.25, 0.3) is 66.4 Å². The highest BCUT2D eigenvalue weighted by Crippen LogP contribution is 2.43. The lowest BCUT2D eigenvalue weighted by atomic mass is 9.93. The minimum Gasteiger partial charge on any atom is -0.310 e. The molecular weight excluding hydrogens is 639 g/mol. The summed E-state index contributed by atoms with van der Waals surface area (Å²) in [5.74, 6) is 0. The number of hydrogen-bond acceptors (Lipinski definition) is 1. The van der Waals surface area contributed by atoms with E-state index in [4.69, 9.17) is 0 Å². The van der Waals surface area contributed by atoms with Crippen LogP contribution < -0.4 is 4.90 Å². The highest BCUT2D eigenvalue weighted by Gasteiger charge is 2.18. The van der Waals surface area contributed by atoms with Crippen molar-refractivity contribution in [2.24, 2.45) is 0 Å². The van der Waals surface area contributed by atoms with E-state index in [0.717, 1.165) is 17.1 Å². The topological polar surface area (TPSA) is 3.24 Å². The maximum absolute atomic E-state index is 2.40. The molecule has 9 rings (SSSR count). The van der Waals surface area contributed by atoms with Crippen LogP contribution in [0.1, 0.15) is 0 Å². The Hall–Kier alpha value is -6.96. The molecule has 1 heteroatoms. The van der Waals surface area contributed by atoms with Crippen LogP contribution in [0.2, 0.25) is 0 Å². The summed E-state index contributed by atoms with van der Waals surface area (Å²) in [4.78, 5) is 2.40. The molecule has 0 aliphatic carbocycles. The quantitative estimate of drug-likeness (QED) is 0.155. The molecule has 0 aliphatic heterocycles. The van der Waals surface area contributed by atoms with E-state index in [9.17, 15) is 0 Å². The van der Waals surface area contributed by atoms with Crippen molar-refractivity contribution in [3.8, 4) is 55.6 Å². The third-order valence-corrected chi connectivity index (χ3v) is 10.0. The highest BCUT2D eigenvalue weighted by atomic mass is 15.1. The number of anilines is 3. The Kier molecular flexibility index (Phi) is 8.66. The van der Waals surface area contributed by atoms with Crippen molar-refractivity contribution in [3.63, 3.8) is 0 Å². The molecule has 250 valence electrons. The van der Waals surface area contributed by atoms with Crippen LogP contribution in [0, 0.1) is 0 Å². The molecule has 0 N–H and O–H groups in total. The zero-order valence-electron chi connectivity index (χ0n) is 29.3. The van der Waals surface area contributed by atoms with Gasteiger partial charge in [0.25, 0.3) is 0 Å². The minimum atomic E-state index is 1.09. The third kappa shape index (κ3) is 6.65. The smallest absolute Gasteiger partial charge is 0.0540 e. The Morgan fingerprint density at radius 1 is 0.226 bits per heavy atom. The molecular formula is C52H37N. The van der Waals surface area contributed by atoms with Crippen molar-refractivity contribution >= 4 is 27.8 Å². The average Bonchev–Trinajstić information content (AvgIpc) is 3.25. The highest BCUT2D eigenvalue weighted by molar-refractivity contribution is 5.91. The van der Waals surface area contributed by atoms with Crippen molar-refractivity contribution in [2.75, 3.05) is 4.90 Å². The monoisotopic (exact) mass is 675 g/mol. The molecule has 0 aliphatic rings. The number of para-hydroxylation sites is 1. The minimum absolute atomic E-state index is 1.09. The summed E-state index contributed by atoms with van der Waals surface area (Å²) in [6.45, 7) is 0. The molecule has 1 nitrogen and oxygen atoms in total. The third-order valence-electron chi connectivity index (χ3n) is 10.0. The summed E-state index contributed by atoms with van der Waals surface area (Å²) < 4.78 is 0. The number of fused-ring (bicyclic) bond motifs is 1. The Morgan fingerprint density at radius 3 is 1.34 bits per heavy atom. The number of rotatable bonds is 8. The molecule has 0 atom stereocenters. The Balaban J connectivity index is 1.17. The van der Waals surface area contributed by atoms with Crippen molar-refractivity contribution in [1.82, 2.24) is 0 Å². The molecule has 0 spiro atoms. The van der Waals surface area contributed by atoms with Gasteiger partial charge in [0.05, 0.1) is 5.69 Å². The van der Waals surface area contributed by atoms with Gasteiger partial charge in [-0.05, 0) is 115 Å². The molecule has 9 aromatic rings. The van der Waals surface area contributed by atoms with Gasteiger partial charge in [-0.25, -0.2) is 0 Å². The van der Waals surface area contributed by atoms with E-state index < -0.39 is 0 Å².